The van der Waals surface area contributed by atoms with E-state index in [0.29, 0.717) is 0 Å². The number of Topliss-reactive ketones (excluding diaryl/α,β-unsaturated/α-hetero) is 1. The Morgan fingerprint density at radius 1 is 0.732 bits per heavy atom. The number of carbonyl (C=O) groups is 3. The molecule has 0 aromatic heterocycles. The van der Waals surface area contributed by atoms with Crippen LogP contribution in [-0.4, -0.2) is 47.5 Å². The van der Waals surface area contributed by atoms with Gasteiger partial charge in [0.05, 0.1) is 12.0 Å². The highest BCUT2D eigenvalue weighted by Gasteiger charge is 2.34. The van der Waals surface area contributed by atoms with Gasteiger partial charge in [-0.05, 0) is 39.8 Å². The number of hydrogen-bond acceptors (Lipinski definition) is 4. The second-order valence-corrected chi connectivity index (χ2v) is 10.5. The molecule has 6 heteroatoms. The molecule has 5 rings (SSSR count). The zero-order chi connectivity index (χ0) is 28.8. The normalized spacial score (nSPS) is 13.5. The maximum atomic E-state index is 13.7. The Morgan fingerprint density at radius 3 is 1.76 bits per heavy atom. The van der Waals surface area contributed by atoms with Crippen LogP contribution < -0.4 is 0 Å². The van der Waals surface area contributed by atoms with E-state index in [2.05, 4.69) is 24.3 Å². The summed E-state index contributed by atoms with van der Waals surface area (Å²) < 4.78 is 5.84. The minimum Gasteiger partial charge on any atom is -0.481 e. The van der Waals surface area contributed by atoms with E-state index >= 15 is 0 Å². The number of aliphatic carboxylic acids is 1. The van der Waals surface area contributed by atoms with Crippen LogP contribution in [0.4, 0.5) is 4.79 Å². The van der Waals surface area contributed by atoms with Crippen molar-refractivity contribution in [1.29, 1.82) is 0 Å². The van der Waals surface area contributed by atoms with Crippen molar-refractivity contribution in [3.8, 4) is 11.1 Å². The van der Waals surface area contributed by atoms with Crippen LogP contribution >= 0.6 is 0 Å². The summed E-state index contributed by atoms with van der Waals surface area (Å²) in [6.45, 7) is 0.134. The summed E-state index contributed by atoms with van der Waals surface area (Å²) in [7, 11) is 1.55. The third-order valence-electron chi connectivity index (χ3n) is 7.86. The topological polar surface area (TPSA) is 83.9 Å². The number of likely N-dealkylation sites (N-methyl/N-ethyl adjacent to an activating group) is 1. The predicted molar refractivity (Wildman–Crippen MR) is 158 cm³/mol. The lowest BCUT2D eigenvalue weighted by molar-refractivity contribution is -0.144. The highest BCUT2D eigenvalue weighted by atomic mass is 16.6. The van der Waals surface area contributed by atoms with Gasteiger partial charge in [-0.2, -0.15) is 0 Å². The summed E-state index contributed by atoms with van der Waals surface area (Å²) in [5.74, 6) is -2.36. The predicted octanol–water partition coefficient (Wildman–Crippen LogP) is 6.38. The van der Waals surface area contributed by atoms with Gasteiger partial charge in [-0.25, -0.2) is 4.79 Å². The average Bonchev–Trinajstić information content (AvgIpc) is 3.32. The number of benzene rings is 4. The van der Waals surface area contributed by atoms with Gasteiger partial charge >= 0.3 is 12.1 Å². The van der Waals surface area contributed by atoms with E-state index in [1.54, 1.807) is 7.05 Å². The van der Waals surface area contributed by atoms with Gasteiger partial charge in [0.1, 0.15) is 6.61 Å². The number of hydrogen-bond donors (Lipinski definition) is 1. The fraction of sp³-hybridized carbons (Fsp3) is 0.229. The number of carboxylic acids is 1. The maximum Gasteiger partial charge on any atom is 0.410 e. The lowest BCUT2D eigenvalue weighted by Gasteiger charge is -2.28. The van der Waals surface area contributed by atoms with E-state index in [4.69, 9.17) is 4.74 Å². The first-order valence-electron chi connectivity index (χ1n) is 13.8. The molecular weight excluding hydrogens is 514 g/mol. The summed E-state index contributed by atoms with van der Waals surface area (Å²) in [6, 6.07) is 34.0. The van der Waals surface area contributed by atoms with Crippen LogP contribution in [0.25, 0.3) is 11.1 Å². The monoisotopic (exact) mass is 547 g/mol. The first-order valence-corrected chi connectivity index (χ1v) is 13.8. The van der Waals surface area contributed by atoms with E-state index in [0.717, 1.165) is 33.4 Å². The molecule has 0 heterocycles. The van der Waals surface area contributed by atoms with Crippen LogP contribution in [0.15, 0.2) is 109 Å². The first-order chi connectivity index (χ1) is 19.9. The van der Waals surface area contributed by atoms with Gasteiger partial charge in [-0.1, -0.05) is 109 Å². The highest BCUT2D eigenvalue weighted by Crippen LogP contribution is 2.44. The Labute approximate surface area is 240 Å². The Balaban J connectivity index is 1.32. The van der Waals surface area contributed by atoms with Crippen molar-refractivity contribution >= 4 is 17.8 Å². The molecule has 0 bridgehead atoms. The molecule has 0 fully saturated rings. The number of ketones is 1. The molecule has 4 aromatic rings. The van der Waals surface area contributed by atoms with E-state index in [-0.39, 0.29) is 37.6 Å². The third-order valence-corrected chi connectivity index (χ3v) is 7.86. The zero-order valence-corrected chi connectivity index (χ0v) is 23.0. The standard InChI is InChI=1S/C35H33NO5/c1-36(35(40)41-23-31-29-18-10-8-16-27(29)28-17-9-11-19-30(28)31)32(21-25-14-6-3-7-15-25)33(37)22-26(34(38)39)20-24-12-4-2-5-13-24/h2-19,26,31-32H,20-23H2,1H3,(H,38,39)/t26-,32+/m1/s1. The summed E-state index contributed by atoms with van der Waals surface area (Å²) in [5, 5.41) is 9.91. The molecule has 1 aliphatic carbocycles. The highest BCUT2D eigenvalue weighted by molar-refractivity contribution is 5.90. The molecule has 0 spiro atoms. The molecule has 1 aliphatic rings. The fourth-order valence-corrected chi connectivity index (χ4v) is 5.65. The Kier molecular flexibility index (Phi) is 8.59. The van der Waals surface area contributed by atoms with Crippen LogP contribution in [0, 0.1) is 5.92 Å². The number of carbonyl (C=O) groups excluding carboxylic acids is 2. The Bertz CT molecular complexity index is 1470. The van der Waals surface area contributed by atoms with Crippen LogP contribution in [-0.2, 0) is 27.2 Å². The molecular formula is C35H33NO5. The second kappa shape index (κ2) is 12.6. The minimum absolute atomic E-state index is 0.106. The molecule has 0 radical (unpaired) electrons. The fourth-order valence-electron chi connectivity index (χ4n) is 5.65. The number of rotatable bonds is 11. The molecule has 6 nitrogen and oxygen atoms in total. The van der Waals surface area contributed by atoms with Gasteiger partial charge in [-0.3, -0.25) is 9.59 Å². The molecule has 0 aliphatic heterocycles. The van der Waals surface area contributed by atoms with Gasteiger partial charge in [0, 0.05) is 25.8 Å². The van der Waals surface area contributed by atoms with Gasteiger partial charge in [0.25, 0.3) is 0 Å². The number of fused-ring (bicyclic) bond motifs is 3. The molecule has 0 unspecified atom stereocenters. The van der Waals surface area contributed by atoms with Gasteiger partial charge in [0.2, 0.25) is 0 Å². The Hall–Kier alpha value is -4.71. The van der Waals surface area contributed by atoms with Crippen LogP contribution in [0.2, 0.25) is 0 Å². The van der Waals surface area contributed by atoms with E-state index in [1.165, 1.54) is 4.90 Å². The third kappa shape index (κ3) is 6.38. The summed E-state index contributed by atoms with van der Waals surface area (Å²) in [5.41, 5.74) is 6.19. The number of nitrogens with zero attached hydrogens (tertiary/aromatic N) is 1. The van der Waals surface area contributed by atoms with Crippen molar-refractivity contribution in [2.75, 3.05) is 13.7 Å². The summed E-state index contributed by atoms with van der Waals surface area (Å²) in [4.78, 5) is 40.5. The van der Waals surface area contributed by atoms with Crippen molar-refractivity contribution in [2.45, 2.75) is 31.2 Å². The number of amides is 1. The molecule has 41 heavy (non-hydrogen) atoms. The molecule has 0 saturated carbocycles. The van der Waals surface area contributed by atoms with Gasteiger partial charge < -0.3 is 14.7 Å². The van der Waals surface area contributed by atoms with Crippen molar-refractivity contribution < 1.29 is 24.2 Å². The number of ether oxygens (including phenoxy) is 1. The molecule has 1 N–H and O–H groups in total. The van der Waals surface area contributed by atoms with E-state index in [1.807, 2.05) is 84.9 Å². The van der Waals surface area contributed by atoms with Gasteiger partial charge in [-0.15, -0.1) is 0 Å². The summed E-state index contributed by atoms with van der Waals surface area (Å²) >= 11 is 0. The molecule has 0 saturated heterocycles. The van der Waals surface area contributed by atoms with Crippen LogP contribution in [0.3, 0.4) is 0 Å². The summed E-state index contributed by atoms with van der Waals surface area (Å²) in [6.07, 6.45) is -0.314. The first kappa shape index (κ1) is 27.8. The second-order valence-electron chi connectivity index (χ2n) is 10.5. The lowest BCUT2D eigenvalue weighted by atomic mass is 9.90. The molecule has 2 atom stereocenters. The van der Waals surface area contributed by atoms with Crippen molar-refractivity contribution in [2.24, 2.45) is 5.92 Å². The van der Waals surface area contributed by atoms with Crippen LogP contribution in [0.1, 0.15) is 34.6 Å². The van der Waals surface area contributed by atoms with Crippen molar-refractivity contribution in [3.63, 3.8) is 0 Å². The Morgan fingerprint density at radius 2 is 1.22 bits per heavy atom. The quantitative estimate of drug-likeness (QED) is 0.236. The van der Waals surface area contributed by atoms with E-state index in [9.17, 15) is 19.5 Å². The average molecular weight is 548 g/mol. The van der Waals surface area contributed by atoms with Gasteiger partial charge in [0.15, 0.2) is 5.78 Å². The lowest BCUT2D eigenvalue weighted by Crippen LogP contribution is -2.45. The van der Waals surface area contributed by atoms with Crippen LogP contribution in [0.5, 0.6) is 0 Å². The van der Waals surface area contributed by atoms with E-state index < -0.39 is 24.0 Å². The van der Waals surface area contributed by atoms with Crippen molar-refractivity contribution in [3.05, 3.63) is 131 Å². The number of carboxylic acid groups (broad SMARTS) is 1. The smallest absolute Gasteiger partial charge is 0.410 e. The SMILES string of the molecule is CN(C(=O)OCC1c2ccccc2-c2ccccc21)[C@@H](Cc1ccccc1)C(=O)C[C@@H](Cc1ccccc1)C(=O)O. The maximum absolute atomic E-state index is 13.7. The molecule has 208 valence electrons. The van der Waals surface area contributed by atoms with Crippen molar-refractivity contribution in [1.82, 2.24) is 4.90 Å². The minimum atomic E-state index is -1.04. The molecule has 4 aromatic carbocycles. The largest absolute Gasteiger partial charge is 0.481 e. The zero-order valence-electron chi connectivity index (χ0n) is 23.0. The molecule has 1 amide bonds.